The van der Waals surface area contributed by atoms with Crippen LogP contribution in [-0.4, -0.2) is 44.2 Å². The van der Waals surface area contributed by atoms with Crippen molar-refractivity contribution in [3.05, 3.63) is 84.0 Å². The number of nitrogens with zero attached hydrogens (tertiary/aromatic N) is 6. The van der Waals surface area contributed by atoms with Gasteiger partial charge in [-0.2, -0.15) is 10.2 Å². The van der Waals surface area contributed by atoms with Crippen LogP contribution in [0.15, 0.2) is 71.6 Å². The van der Waals surface area contributed by atoms with Crippen LogP contribution in [0.1, 0.15) is 32.1 Å². The normalized spacial score (nSPS) is 10.9. The van der Waals surface area contributed by atoms with Crippen LogP contribution in [0, 0.1) is 0 Å². The number of aromatic nitrogens is 4. The number of carbonyl (C=O) groups is 2. The molecule has 3 aromatic rings. The molecule has 10 heteroatoms. The smallest absolute Gasteiger partial charge is 0.266 e. The van der Waals surface area contributed by atoms with E-state index in [-0.39, 0.29) is 11.4 Å². The first kappa shape index (κ1) is 18.5. The van der Waals surface area contributed by atoms with Gasteiger partial charge < -0.3 is 0 Å². The summed E-state index contributed by atoms with van der Waals surface area (Å²) in [5.74, 6) is -1.16. The second-order valence-electron chi connectivity index (χ2n) is 5.25. The SMILES string of the molecule is O=C(NN=Cc1ccncc1)c1cc(C(=O)NN=Cc2ccncc2)ncn1. The van der Waals surface area contributed by atoms with E-state index < -0.39 is 11.8 Å². The van der Waals surface area contributed by atoms with E-state index in [0.717, 1.165) is 17.5 Å². The number of pyridine rings is 2. The summed E-state index contributed by atoms with van der Waals surface area (Å²) >= 11 is 0. The molecule has 0 unspecified atom stereocenters. The van der Waals surface area contributed by atoms with E-state index in [1.165, 1.54) is 18.5 Å². The lowest BCUT2D eigenvalue weighted by molar-refractivity contribution is 0.0948. The van der Waals surface area contributed by atoms with E-state index in [9.17, 15) is 9.59 Å². The third-order valence-electron chi connectivity index (χ3n) is 3.30. The molecule has 0 aromatic carbocycles. The van der Waals surface area contributed by atoms with Crippen molar-refractivity contribution in [2.24, 2.45) is 10.2 Å². The van der Waals surface area contributed by atoms with Crippen molar-refractivity contribution in [1.29, 1.82) is 0 Å². The van der Waals surface area contributed by atoms with Crippen molar-refractivity contribution in [1.82, 2.24) is 30.8 Å². The van der Waals surface area contributed by atoms with Crippen molar-refractivity contribution in [3.63, 3.8) is 0 Å². The Hall–Kier alpha value is -4.34. The fourth-order valence-corrected chi connectivity index (χ4v) is 1.95. The maximum absolute atomic E-state index is 12.1. The molecule has 0 aliphatic carbocycles. The Labute approximate surface area is 159 Å². The first-order chi connectivity index (χ1) is 13.7. The highest BCUT2D eigenvalue weighted by Gasteiger charge is 2.12. The zero-order valence-electron chi connectivity index (χ0n) is 14.4. The summed E-state index contributed by atoms with van der Waals surface area (Å²) in [5.41, 5.74) is 6.18. The number of hydrazone groups is 2. The molecule has 3 heterocycles. The fraction of sp³-hybridized carbons (Fsp3) is 0. The average molecular weight is 374 g/mol. The molecule has 0 saturated carbocycles. The summed E-state index contributed by atoms with van der Waals surface area (Å²) in [5, 5.41) is 7.67. The third-order valence-corrected chi connectivity index (χ3v) is 3.30. The topological polar surface area (TPSA) is 134 Å². The van der Waals surface area contributed by atoms with Crippen LogP contribution in [0.2, 0.25) is 0 Å². The Bertz CT molecular complexity index is 928. The zero-order chi connectivity index (χ0) is 19.6. The molecular weight excluding hydrogens is 360 g/mol. The summed E-state index contributed by atoms with van der Waals surface area (Å²) in [4.78, 5) is 39.7. The van der Waals surface area contributed by atoms with Crippen LogP contribution in [0.25, 0.3) is 0 Å². The van der Waals surface area contributed by atoms with Gasteiger partial charge in [0.25, 0.3) is 11.8 Å². The van der Waals surface area contributed by atoms with Gasteiger partial charge >= 0.3 is 0 Å². The molecule has 2 amide bonds. The van der Waals surface area contributed by atoms with Gasteiger partial charge in [0.05, 0.1) is 12.4 Å². The molecule has 0 aliphatic rings. The predicted molar refractivity (Wildman–Crippen MR) is 101 cm³/mol. The van der Waals surface area contributed by atoms with Gasteiger partial charge in [-0.15, -0.1) is 0 Å². The molecule has 0 bridgehead atoms. The van der Waals surface area contributed by atoms with Crippen LogP contribution in [-0.2, 0) is 0 Å². The third kappa shape index (κ3) is 5.33. The minimum Gasteiger partial charge on any atom is -0.266 e. The number of rotatable bonds is 6. The summed E-state index contributed by atoms with van der Waals surface area (Å²) in [6.07, 6.45) is 10.5. The minimum atomic E-state index is -0.581. The van der Waals surface area contributed by atoms with Gasteiger partial charge in [0.2, 0.25) is 0 Å². The van der Waals surface area contributed by atoms with Gasteiger partial charge in [0, 0.05) is 30.9 Å². The number of carbonyl (C=O) groups excluding carboxylic acids is 2. The van der Waals surface area contributed by atoms with Crippen LogP contribution in [0.3, 0.4) is 0 Å². The van der Waals surface area contributed by atoms with E-state index in [2.05, 4.69) is 41.0 Å². The largest absolute Gasteiger partial charge is 0.290 e. The highest BCUT2D eigenvalue weighted by Crippen LogP contribution is 1.99. The van der Waals surface area contributed by atoms with E-state index in [0.29, 0.717) is 0 Å². The van der Waals surface area contributed by atoms with Crippen molar-refractivity contribution < 1.29 is 9.59 Å². The van der Waals surface area contributed by atoms with Gasteiger partial charge in [-0.25, -0.2) is 20.8 Å². The highest BCUT2D eigenvalue weighted by molar-refractivity contribution is 5.97. The van der Waals surface area contributed by atoms with Crippen molar-refractivity contribution in [3.8, 4) is 0 Å². The Morgan fingerprint density at radius 2 is 1.18 bits per heavy atom. The quantitative estimate of drug-likeness (QED) is 0.484. The van der Waals surface area contributed by atoms with Gasteiger partial charge in [0.1, 0.15) is 17.7 Å². The summed E-state index contributed by atoms with van der Waals surface area (Å²) < 4.78 is 0. The first-order valence-corrected chi connectivity index (χ1v) is 8.01. The zero-order valence-corrected chi connectivity index (χ0v) is 14.4. The molecule has 0 saturated heterocycles. The maximum Gasteiger partial charge on any atom is 0.290 e. The predicted octanol–water partition coefficient (Wildman–Crippen LogP) is 0.794. The molecule has 138 valence electrons. The Kier molecular flexibility index (Phi) is 6.18. The highest BCUT2D eigenvalue weighted by atomic mass is 16.2. The Morgan fingerprint density at radius 3 is 1.61 bits per heavy atom. The summed E-state index contributed by atoms with van der Waals surface area (Å²) in [6, 6.07) is 8.17. The molecule has 0 spiro atoms. The van der Waals surface area contributed by atoms with Gasteiger partial charge in [0.15, 0.2) is 0 Å². The Morgan fingerprint density at radius 1 is 0.750 bits per heavy atom. The second-order valence-corrected chi connectivity index (χ2v) is 5.25. The number of hydrogen-bond donors (Lipinski definition) is 2. The molecule has 0 fully saturated rings. The van der Waals surface area contributed by atoms with E-state index in [1.807, 2.05) is 0 Å². The van der Waals surface area contributed by atoms with E-state index >= 15 is 0 Å². The molecule has 0 aliphatic heterocycles. The lowest BCUT2D eigenvalue weighted by Gasteiger charge is -2.02. The number of nitrogens with one attached hydrogen (secondary N) is 2. The Balaban J connectivity index is 1.59. The van der Waals surface area contributed by atoms with Gasteiger partial charge in [-0.3, -0.25) is 19.6 Å². The fourth-order valence-electron chi connectivity index (χ4n) is 1.95. The second kappa shape index (κ2) is 9.38. The van der Waals surface area contributed by atoms with Gasteiger partial charge in [-0.05, 0) is 35.4 Å². The molecular formula is C18H14N8O2. The monoisotopic (exact) mass is 374 g/mol. The minimum absolute atomic E-state index is 0.00913. The lowest BCUT2D eigenvalue weighted by atomic mass is 10.3. The van der Waals surface area contributed by atoms with Crippen molar-refractivity contribution in [2.75, 3.05) is 0 Å². The number of amides is 2. The van der Waals surface area contributed by atoms with Crippen LogP contribution in [0.4, 0.5) is 0 Å². The molecule has 28 heavy (non-hydrogen) atoms. The van der Waals surface area contributed by atoms with E-state index in [1.54, 1.807) is 49.1 Å². The maximum atomic E-state index is 12.1. The van der Waals surface area contributed by atoms with Gasteiger partial charge in [-0.1, -0.05) is 0 Å². The van der Waals surface area contributed by atoms with Crippen LogP contribution in [0.5, 0.6) is 0 Å². The molecule has 2 N–H and O–H groups in total. The lowest BCUT2D eigenvalue weighted by Crippen LogP contribution is -2.23. The van der Waals surface area contributed by atoms with Crippen molar-refractivity contribution in [2.45, 2.75) is 0 Å². The van der Waals surface area contributed by atoms with E-state index in [4.69, 9.17) is 0 Å². The number of hydrogen-bond acceptors (Lipinski definition) is 8. The summed E-state index contributed by atoms with van der Waals surface area (Å²) in [6.45, 7) is 0. The molecule has 3 rings (SSSR count). The van der Waals surface area contributed by atoms with Crippen LogP contribution < -0.4 is 10.9 Å². The van der Waals surface area contributed by atoms with Crippen molar-refractivity contribution >= 4 is 24.2 Å². The first-order valence-electron chi connectivity index (χ1n) is 8.01. The standard InChI is InChI=1S/C18H14N8O2/c27-17(25-23-10-13-1-5-19-6-2-13)15-9-16(22-12-21-15)18(28)26-24-11-14-3-7-20-8-4-14/h1-12H,(H,25,27)(H,26,28). The molecule has 10 nitrogen and oxygen atoms in total. The summed E-state index contributed by atoms with van der Waals surface area (Å²) in [7, 11) is 0. The average Bonchev–Trinajstić information content (AvgIpc) is 2.75. The molecule has 0 radical (unpaired) electrons. The van der Waals surface area contributed by atoms with Crippen LogP contribution >= 0.6 is 0 Å². The molecule has 0 atom stereocenters. The molecule has 3 aromatic heterocycles.